The van der Waals surface area contributed by atoms with E-state index in [-0.39, 0.29) is 0 Å². The monoisotopic (exact) mass is 1070 g/mol. The zero-order valence-electron chi connectivity index (χ0n) is 45.7. The van der Waals surface area contributed by atoms with Crippen LogP contribution in [-0.2, 0) is 6.42 Å². The van der Waals surface area contributed by atoms with E-state index >= 15 is 0 Å². The van der Waals surface area contributed by atoms with Crippen LogP contribution in [0.3, 0.4) is 0 Å². The molecule has 1 aliphatic rings. The Bertz CT molecular complexity index is 4470. The third-order valence-electron chi connectivity index (χ3n) is 15.3. The number of hydrogen-bond donors (Lipinski definition) is 0. The van der Waals surface area contributed by atoms with Crippen molar-refractivity contribution in [2.75, 3.05) is 4.90 Å². The first-order valence-corrected chi connectivity index (χ1v) is 28.1. The van der Waals surface area contributed by atoms with Crippen LogP contribution in [0.5, 0.6) is 0 Å². The van der Waals surface area contributed by atoms with Gasteiger partial charge in [0.15, 0.2) is 23.3 Å². The molecule has 0 radical (unpaired) electrons. The van der Waals surface area contributed by atoms with Gasteiger partial charge in [0.1, 0.15) is 0 Å². The highest BCUT2D eigenvalue weighted by Crippen LogP contribution is 2.41. The molecule has 0 fully saturated rings. The molecule has 0 saturated carbocycles. The van der Waals surface area contributed by atoms with E-state index in [1.807, 2.05) is 144 Å². The van der Waals surface area contributed by atoms with Gasteiger partial charge in [-0.3, -0.25) is 0 Å². The smallest absolute Gasteiger partial charge is 0.241 e. The van der Waals surface area contributed by atoms with Gasteiger partial charge in [0, 0.05) is 60.4 Å². The summed E-state index contributed by atoms with van der Waals surface area (Å²) in [4.78, 5) is 33.5. The van der Waals surface area contributed by atoms with Crippen LogP contribution in [0.1, 0.15) is 17.5 Å². The number of nitrogens with zero attached hydrogens (tertiary/aromatic N) is 9. The van der Waals surface area contributed by atoms with Crippen molar-refractivity contribution in [3.05, 3.63) is 295 Å². The van der Waals surface area contributed by atoms with Crippen LogP contribution in [0.4, 0.5) is 17.6 Å². The van der Waals surface area contributed by atoms with Crippen molar-refractivity contribution in [1.82, 2.24) is 39.0 Å². The van der Waals surface area contributed by atoms with Gasteiger partial charge in [-0.15, -0.1) is 0 Å². The summed E-state index contributed by atoms with van der Waals surface area (Å²) in [5.74, 6) is 3.14. The van der Waals surface area contributed by atoms with E-state index in [4.69, 9.17) is 29.9 Å². The number of rotatable bonds is 11. The van der Waals surface area contributed by atoms with E-state index < -0.39 is 0 Å². The second-order valence-corrected chi connectivity index (χ2v) is 20.8. The molecule has 1 aliphatic carbocycles. The summed E-state index contributed by atoms with van der Waals surface area (Å²) >= 11 is 0. The lowest BCUT2D eigenvalue weighted by atomic mass is 9.92. The van der Waals surface area contributed by atoms with Crippen LogP contribution in [0, 0.1) is 12.8 Å². The molecule has 15 rings (SSSR count). The molecule has 14 aromatic rings. The van der Waals surface area contributed by atoms with Crippen LogP contribution in [0.2, 0.25) is 0 Å². The van der Waals surface area contributed by atoms with Crippen molar-refractivity contribution in [2.45, 2.75) is 19.8 Å². The summed E-state index contributed by atoms with van der Waals surface area (Å²) in [5.41, 5.74) is 12.3. The summed E-state index contributed by atoms with van der Waals surface area (Å²) in [5, 5.41) is 5.83. The minimum atomic E-state index is 0.354. The Hall–Kier alpha value is -10.9. The van der Waals surface area contributed by atoms with Gasteiger partial charge in [0.05, 0.1) is 22.2 Å². The quantitative estimate of drug-likeness (QED) is 0.127. The molecule has 9 heteroatoms. The maximum atomic E-state index is 5.33. The molecule has 1 unspecified atom stereocenters. The van der Waals surface area contributed by atoms with Crippen molar-refractivity contribution in [2.24, 2.45) is 5.92 Å². The largest absolute Gasteiger partial charge is 0.310 e. The van der Waals surface area contributed by atoms with Crippen LogP contribution < -0.4 is 15.5 Å². The Kier molecular flexibility index (Phi) is 13.5. The lowest BCUT2D eigenvalue weighted by Crippen LogP contribution is -2.32. The average Bonchev–Trinajstić information content (AvgIpc) is 4.05. The lowest BCUT2D eigenvalue weighted by Gasteiger charge is -2.23. The Morgan fingerprint density at radius 1 is 0.386 bits per heavy atom. The summed E-state index contributed by atoms with van der Waals surface area (Å²) in [6.45, 7) is 2.08. The van der Waals surface area contributed by atoms with Crippen molar-refractivity contribution >= 4 is 62.4 Å². The third kappa shape index (κ3) is 10.1. The highest BCUT2D eigenvalue weighted by Gasteiger charge is 2.27. The SMILES string of the molecule is C1=c2c(n(-c3ccccc3)c3cc4c5cc(N(c6nc(-c7ccccc7)nc(-c7ccccc7)n6)c6nc(-c7ccccc7)nc(-c7ccccc7)n6)ccc5n(-c5ccccc5)c4cc23)=CCC1Cc1ccccc1.Cc1ccccc1. The van der Waals surface area contributed by atoms with E-state index in [1.54, 1.807) is 0 Å². The number of hydrogen-bond acceptors (Lipinski definition) is 7. The molecule has 0 spiro atoms. The standard InChI is InChI=1S/C67H47N9.C7H8/c1-8-22-45(23-9-1)40-46-36-38-58-54(41-46)56-43-61-57(44-60(56)74(58)51-32-18-6-19-33-51)55-42-53(37-39-59(55)75(61)52-34-20-7-21-35-52)76(66-70-62(47-24-10-2-11-25-47)68-63(71-66)48-26-12-3-13-27-48)67-72-64(49-28-14-4-15-29-49)69-65(73-67)50-30-16-5-17-31-50;1-7-5-3-2-4-6-7/h1-35,37-39,41-44,46H,36,40H2;2-6H,1H3. The molecule has 9 nitrogen and oxygen atoms in total. The Morgan fingerprint density at radius 3 is 1.24 bits per heavy atom. The highest BCUT2D eigenvalue weighted by molar-refractivity contribution is 6.14. The second-order valence-electron chi connectivity index (χ2n) is 20.8. The Labute approximate surface area is 481 Å². The zero-order valence-corrected chi connectivity index (χ0v) is 45.7. The van der Waals surface area contributed by atoms with Crippen LogP contribution in [-0.4, -0.2) is 39.0 Å². The van der Waals surface area contributed by atoms with Gasteiger partial charge in [-0.25, -0.2) is 14.9 Å². The summed E-state index contributed by atoms with van der Waals surface area (Å²) in [6.07, 6.45) is 6.89. The molecule has 396 valence electrons. The van der Waals surface area contributed by atoms with Gasteiger partial charge in [0.2, 0.25) is 11.9 Å². The van der Waals surface area contributed by atoms with E-state index in [0.717, 1.165) is 79.5 Å². The van der Waals surface area contributed by atoms with Crippen molar-refractivity contribution in [1.29, 1.82) is 0 Å². The average molecular weight is 1070 g/mol. The van der Waals surface area contributed by atoms with Gasteiger partial charge in [0.25, 0.3) is 0 Å². The van der Waals surface area contributed by atoms with Crippen molar-refractivity contribution < 1.29 is 0 Å². The predicted molar refractivity (Wildman–Crippen MR) is 338 cm³/mol. The molecule has 0 aliphatic heterocycles. The molecular weight excluding hydrogens is 1010 g/mol. The molecular formula is C74H55N9. The van der Waals surface area contributed by atoms with Gasteiger partial charge in [-0.1, -0.05) is 236 Å². The topological polar surface area (TPSA) is 90.4 Å². The molecule has 0 saturated heterocycles. The molecule has 0 N–H and O–H groups in total. The van der Waals surface area contributed by atoms with Gasteiger partial charge >= 0.3 is 0 Å². The third-order valence-corrected chi connectivity index (χ3v) is 15.3. The molecule has 83 heavy (non-hydrogen) atoms. The summed E-state index contributed by atoms with van der Waals surface area (Å²) < 4.78 is 4.84. The number of para-hydroxylation sites is 2. The predicted octanol–water partition coefficient (Wildman–Crippen LogP) is 16.1. The van der Waals surface area contributed by atoms with Gasteiger partial charge in [-0.2, -0.15) is 19.9 Å². The maximum absolute atomic E-state index is 5.33. The van der Waals surface area contributed by atoms with Crippen LogP contribution in [0.25, 0.3) is 102 Å². The minimum Gasteiger partial charge on any atom is -0.310 e. The number of anilines is 3. The number of fused-ring (bicyclic) bond motifs is 6. The number of aromatic nitrogens is 8. The number of benzene rings is 10. The van der Waals surface area contributed by atoms with Gasteiger partial charge in [-0.05, 0) is 85.8 Å². The van der Waals surface area contributed by atoms with Crippen LogP contribution >= 0.6 is 0 Å². The summed E-state index contributed by atoms with van der Waals surface area (Å²) in [6, 6.07) is 94.1. The van der Waals surface area contributed by atoms with E-state index in [1.165, 1.54) is 27.1 Å². The molecule has 4 heterocycles. The van der Waals surface area contributed by atoms with E-state index in [9.17, 15) is 0 Å². The van der Waals surface area contributed by atoms with Crippen molar-refractivity contribution in [3.63, 3.8) is 0 Å². The van der Waals surface area contributed by atoms with Crippen LogP contribution in [0.15, 0.2) is 273 Å². The maximum Gasteiger partial charge on any atom is 0.241 e. The lowest BCUT2D eigenvalue weighted by molar-refractivity contribution is 0.703. The summed E-state index contributed by atoms with van der Waals surface area (Å²) in [7, 11) is 0. The zero-order chi connectivity index (χ0) is 55.5. The molecule has 0 bridgehead atoms. The molecule has 4 aromatic heterocycles. The van der Waals surface area contributed by atoms with Gasteiger partial charge < -0.3 is 9.13 Å². The first kappa shape index (κ1) is 50.3. The molecule has 1 atom stereocenters. The fraction of sp³-hybridized carbons (Fsp3) is 0.0541. The molecule has 0 amide bonds. The first-order valence-electron chi connectivity index (χ1n) is 28.1. The molecule has 10 aromatic carbocycles. The fourth-order valence-electron chi connectivity index (χ4n) is 11.3. The fourth-order valence-corrected chi connectivity index (χ4v) is 11.3. The highest BCUT2D eigenvalue weighted by atomic mass is 15.4. The van der Waals surface area contributed by atoms with E-state index in [2.05, 4.69) is 162 Å². The Morgan fingerprint density at radius 2 is 0.783 bits per heavy atom. The number of aryl methyl sites for hydroxylation is 1. The van der Waals surface area contributed by atoms with E-state index in [0.29, 0.717) is 41.1 Å². The van der Waals surface area contributed by atoms with Crippen molar-refractivity contribution in [3.8, 4) is 56.9 Å². The Balaban J connectivity index is 0.000000820. The normalized spacial score (nSPS) is 12.7. The minimum absolute atomic E-state index is 0.354. The first-order chi connectivity index (χ1) is 41.1. The second kappa shape index (κ2) is 22.3.